The van der Waals surface area contributed by atoms with Crippen molar-refractivity contribution < 1.29 is 24.2 Å². The van der Waals surface area contributed by atoms with Crippen molar-refractivity contribution in [2.24, 2.45) is 0 Å². The Balaban J connectivity index is 1.96. The molecule has 31 heavy (non-hydrogen) atoms. The van der Waals surface area contributed by atoms with Crippen LogP contribution in [0.1, 0.15) is 17.2 Å². The minimum atomic E-state index is -0.894. The lowest BCUT2D eigenvalue weighted by atomic mass is 9.95. The third kappa shape index (κ3) is 3.50. The fourth-order valence-corrected chi connectivity index (χ4v) is 3.65. The molecule has 0 unspecified atom stereocenters. The van der Waals surface area contributed by atoms with Crippen LogP contribution in [0.4, 0.5) is 5.82 Å². The average Bonchev–Trinajstić information content (AvgIpc) is 3.09. The Morgan fingerprint density at radius 2 is 1.65 bits per heavy atom. The van der Waals surface area contributed by atoms with Gasteiger partial charge in [-0.1, -0.05) is 42.5 Å². The molecule has 4 rings (SSSR count). The first-order valence-electron chi connectivity index (χ1n) is 9.56. The third-order valence-electron chi connectivity index (χ3n) is 5.11. The molecule has 1 atom stereocenters. The van der Waals surface area contributed by atoms with Crippen molar-refractivity contribution in [3.8, 4) is 11.5 Å². The number of hydrogen-bond donors (Lipinski definition) is 1. The molecule has 1 aromatic heterocycles. The summed E-state index contributed by atoms with van der Waals surface area (Å²) < 4.78 is 10.7. The molecular weight excluding hydrogens is 396 g/mol. The van der Waals surface area contributed by atoms with Crippen LogP contribution in [0.2, 0.25) is 0 Å². The fraction of sp³-hybridized carbons (Fsp3) is 0.125. The molecule has 1 amide bonds. The molecule has 3 aromatic rings. The van der Waals surface area contributed by atoms with Crippen molar-refractivity contribution in [1.29, 1.82) is 0 Å². The van der Waals surface area contributed by atoms with Crippen molar-refractivity contribution in [2.45, 2.75) is 6.04 Å². The Hall–Kier alpha value is -4.13. The second kappa shape index (κ2) is 8.31. The number of rotatable bonds is 5. The summed E-state index contributed by atoms with van der Waals surface area (Å²) in [5.41, 5.74) is 0.987. The van der Waals surface area contributed by atoms with Gasteiger partial charge in [0.25, 0.3) is 5.78 Å². The molecule has 0 aliphatic carbocycles. The first kappa shape index (κ1) is 20.2. The molecule has 0 spiro atoms. The van der Waals surface area contributed by atoms with Crippen LogP contribution in [0.3, 0.4) is 0 Å². The van der Waals surface area contributed by atoms with Gasteiger partial charge in [0.05, 0.1) is 25.8 Å². The third-order valence-corrected chi connectivity index (χ3v) is 5.11. The first-order chi connectivity index (χ1) is 15.1. The summed E-state index contributed by atoms with van der Waals surface area (Å²) in [6, 6.07) is 17.9. The number of anilines is 1. The number of hydrogen-bond acceptors (Lipinski definition) is 6. The number of ketones is 1. The van der Waals surface area contributed by atoms with Crippen LogP contribution in [-0.4, -0.2) is 36.0 Å². The van der Waals surface area contributed by atoms with E-state index in [1.54, 1.807) is 66.7 Å². The van der Waals surface area contributed by atoms with Crippen molar-refractivity contribution in [2.75, 3.05) is 19.1 Å². The zero-order valence-corrected chi connectivity index (χ0v) is 17.0. The highest BCUT2D eigenvalue weighted by Gasteiger charge is 2.47. The molecule has 0 radical (unpaired) electrons. The van der Waals surface area contributed by atoms with Crippen LogP contribution < -0.4 is 14.4 Å². The van der Waals surface area contributed by atoms with E-state index in [-0.39, 0.29) is 11.3 Å². The fourth-order valence-electron chi connectivity index (χ4n) is 3.65. The molecule has 7 heteroatoms. The highest BCUT2D eigenvalue weighted by atomic mass is 16.5. The Labute approximate surface area is 179 Å². The number of ether oxygens (including phenoxy) is 2. The predicted octanol–water partition coefficient (Wildman–Crippen LogP) is 3.73. The minimum Gasteiger partial charge on any atom is -0.507 e. The summed E-state index contributed by atoms with van der Waals surface area (Å²) in [5, 5.41) is 11.0. The van der Waals surface area contributed by atoms with Crippen LogP contribution in [0.25, 0.3) is 5.76 Å². The van der Waals surface area contributed by atoms with Gasteiger partial charge in [-0.15, -0.1) is 0 Å². The Morgan fingerprint density at radius 1 is 0.935 bits per heavy atom. The van der Waals surface area contributed by atoms with Crippen LogP contribution in [-0.2, 0) is 9.59 Å². The largest absolute Gasteiger partial charge is 0.507 e. The topological polar surface area (TPSA) is 89.0 Å². The first-order valence-corrected chi connectivity index (χ1v) is 9.56. The van der Waals surface area contributed by atoms with E-state index in [1.807, 2.05) is 0 Å². The van der Waals surface area contributed by atoms with Gasteiger partial charge in [0.2, 0.25) is 0 Å². The van der Waals surface area contributed by atoms with Crippen LogP contribution in [0, 0.1) is 0 Å². The van der Waals surface area contributed by atoms with E-state index in [0.29, 0.717) is 28.4 Å². The number of aliphatic hydroxyl groups is 1. The highest BCUT2D eigenvalue weighted by Crippen LogP contribution is 2.43. The van der Waals surface area contributed by atoms with Gasteiger partial charge >= 0.3 is 5.91 Å². The highest BCUT2D eigenvalue weighted by molar-refractivity contribution is 6.51. The maximum Gasteiger partial charge on any atom is 0.301 e. The Morgan fingerprint density at radius 3 is 2.29 bits per heavy atom. The monoisotopic (exact) mass is 416 g/mol. The lowest BCUT2D eigenvalue weighted by molar-refractivity contribution is -0.132. The van der Waals surface area contributed by atoms with Gasteiger partial charge in [0.1, 0.15) is 11.6 Å². The Kier molecular flexibility index (Phi) is 5.41. The number of Topliss-reactive ketones (excluding diaryl/α,β-unsaturated/α-hetero) is 1. The van der Waals surface area contributed by atoms with E-state index in [0.717, 1.165) is 0 Å². The van der Waals surface area contributed by atoms with Crippen LogP contribution >= 0.6 is 0 Å². The second-order valence-corrected chi connectivity index (χ2v) is 6.84. The van der Waals surface area contributed by atoms with Crippen molar-refractivity contribution in [1.82, 2.24) is 4.98 Å². The summed E-state index contributed by atoms with van der Waals surface area (Å²) in [5.74, 6) is -0.563. The van der Waals surface area contributed by atoms with E-state index in [2.05, 4.69) is 4.98 Å². The van der Waals surface area contributed by atoms with Gasteiger partial charge < -0.3 is 14.6 Å². The minimum absolute atomic E-state index is 0.0194. The number of benzene rings is 2. The van der Waals surface area contributed by atoms with Crippen molar-refractivity contribution in [3.63, 3.8) is 0 Å². The normalized spacial score (nSPS) is 17.6. The number of nitrogens with zero attached hydrogens (tertiary/aromatic N) is 2. The quantitative estimate of drug-likeness (QED) is 0.387. The SMILES string of the molecule is COc1ccc([C@@H]2C(=C(O)c3ccccc3)C(=O)C(=O)N2c2ccccn2)cc1OC. The van der Waals surface area contributed by atoms with Crippen molar-refractivity contribution >= 4 is 23.3 Å². The molecule has 1 aliphatic heterocycles. The zero-order valence-electron chi connectivity index (χ0n) is 17.0. The molecule has 1 saturated heterocycles. The molecule has 0 saturated carbocycles. The van der Waals surface area contributed by atoms with E-state index in [9.17, 15) is 14.7 Å². The molecule has 7 nitrogen and oxygen atoms in total. The van der Waals surface area contributed by atoms with E-state index < -0.39 is 17.7 Å². The number of pyridine rings is 1. The van der Waals surface area contributed by atoms with Gasteiger partial charge in [-0.05, 0) is 29.8 Å². The predicted molar refractivity (Wildman–Crippen MR) is 115 cm³/mol. The number of aromatic nitrogens is 1. The van der Waals surface area contributed by atoms with E-state index in [1.165, 1.54) is 25.3 Å². The molecule has 1 N–H and O–H groups in total. The van der Waals surface area contributed by atoms with Gasteiger partial charge in [-0.25, -0.2) is 4.98 Å². The summed E-state index contributed by atoms with van der Waals surface area (Å²) in [4.78, 5) is 31.7. The van der Waals surface area contributed by atoms with Gasteiger partial charge in [-0.2, -0.15) is 0 Å². The Bertz CT molecular complexity index is 1160. The van der Waals surface area contributed by atoms with Gasteiger partial charge in [-0.3, -0.25) is 14.5 Å². The number of aliphatic hydroxyl groups excluding tert-OH is 1. The lowest BCUT2D eigenvalue weighted by Gasteiger charge is -2.25. The van der Waals surface area contributed by atoms with Crippen LogP contribution in [0.5, 0.6) is 11.5 Å². The lowest BCUT2D eigenvalue weighted by Crippen LogP contribution is -2.30. The number of amides is 1. The number of carbonyl (C=O) groups excluding carboxylic acids is 2. The second-order valence-electron chi connectivity index (χ2n) is 6.84. The average molecular weight is 416 g/mol. The maximum absolute atomic E-state index is 13.1. The summed E-state index contributed by atoms with van der Waals surface area (Å²) in [6.07, 6.45) is 1.54. The molecule has 2 aromatic carbocycles. The molecule has 2 heterocycles. The van der Waals surface area contributed by atoms with Gasteiger partial charge in [0.15, 0.2) is 11.5 Å². The molecule has 1 fully saturated rings. The smallest absolute Gasteiger partial charge is 0.301 e. The zero-order chi connectivity index (χ0) is 22.0. The maximum atomic E-state index is 13.1. The number of carbonyl (C=O) groups is 2. The van der Waals surface area contributed by atoms with Crippen molar-refractivity contribution in [3.05, 3.63) is 89.6 Å². The van der Waals surface area contributed by atoms with Crippen LogP contribution in [0.15, 0.2) is 78.5 Å². The summed E-state index contributed by atoms with van der Waals surface area (Å²) in [6.45, 7) is 0. The standard InChI is InChI=1S/C24H20N2O5/c1-30-17-12-11-16(14-18(17)31-2)21-20(22(27)15-8-4-3-5-9-15)23(28)24(29)26(21)19-10-6-7-13-25-19/h3-14,21,27H,1-2H3/t21-/m1/s1. The van der Waals surface area contributed by atoms with E-state index >= 15 is 0 Å². The van der Waals surface area contributed by atoms with Gasteiger partial charge in [0, 0.05) is 11.8 Å². The molecular formula is C24H20N2O5. The summed E-state index contributed by atoms with van der Waals surface area (Å²) >= 11 is 0. The summed E-state index contributed by atoms with van der Waals surface area (Å²) in [7, 11) is 3.02. The molecule has 156 valence electrons. The number of methoxy groups -OCH3 is 2. The molecule has 0 bridgehead atoms. The van der Waals surface area contributed by atoms with E-state index in [4.69, 9.17) is 9.47 Å². The molecule has 1 aliphatic rings.